The van der Waals surface area contributed by atoms with Crippen molar-refractivity contribution in [3.63, 3.8) is 0 Å². The smallest absolute Gasteiger partial charge is 0.275 e. The van der Waals surface area contributed by atoms with Gasteiger partial charge in [0.15, 0.2) is 0 Å². The molecule has 134 valence electrons. The van der Waals surface area contributed by atoms with Gasteiger partial charge in [-0.15, -0.1) is 0 Å². The second kappa shape index (κ2) is 6.81. The van der Waals surface area contributed by atoms with Crippen molar-refractivity contribution in [2.24, 2.45) is 0 Å². The minimum absolute atomic E-state index is 0.186. The quantitative estimate of drug-likeness (QED) is 0.591. The van der Waals surface area contributed by atoms with E-state index in [0.29, 0.717) is 27.3 Å². The molecule has 0 bridgehead atoms. The van der Waals surface area contributed by atoms with Gasteiger partial charge in [0.2, 0.25) is 5.91 Å². The molecule has 0 fully saturated rings. The molecule has 0 saturated carbocycles. The second-order valence-corrected chi connectivity index (χ2v) is 6.54. The van der Waals surface area contributed by atoms with Gasteiger partial charge in [0.25, 0.3) is 5.56 Å². The third-order valence-corrected chi connectivity index (χ3v) is 4.65. The highest BCUT2D eigenvalue weighted by Crippen LogP contribution is 2.27. The Bertz CT molecular complexity index is 1250. The summed E-state index contributed by atoms with van der Waals surface area (Å²) in [6.45, 7) is 1.63. The maximum absolute atomic E-state index is 12.6. The van der Waals surface area contributed by atoms with Crippen molar-refractivity contribution < 1.29 is 4.79 Å². The van der Waals surface area contributed by atoms with Gasteiger partial charge in [0.1, 0.15) is 6.54 Å². The number of nitrogens with zero attached hydrogens (tertiary/aromatic N) is 3. The molecule has 0 aliphatic carbocycles. The van der Waals surface area contributed by atoms with Crippen LogP contribution in [0.4, 0.5) is 5.69 Å². The van der Waals surface area contributed by atoms with Gasteiger partial charge in [-0.25, -0.2) is 4.68 Å². The molecule has 0 aliphatic heterocycles. The number of fused-ring (bicyclic) bond motifs is 2. The lowest BCUT2D eigenvalue weighted by Gasteiger charge is -2.11. The molecule has 4 rings (SSSR count). The Kier molecular flexibility index (Phi) is 4.33. The van der Waals surface area contributed by atoms with Gasteiger partial charge < -0.3 is 5.32 Å². The van der Waals surface area contributed by atoms with Crippen LogP contribution in [0.1, 0.15) is 5.69 Å². The number of aryl methyl sites for hydroxylation is 1. The summed E-state index contributed by atoms with van der Waals surface area (Å²) in [5.41, 5.74) is 1.58. The lowest BCUT2D eigenvalue weighted by molar-refractivity contribution is -0.117. The molecule has 0 unspecified atom stereocenters. The van der Waals surface area contributed by atoms with Crippen LogP contribution in [0.5, 0.6) is 0 Å². The normalized spacial score (nSPS) is 11.0. The van der Waals surface area contributed by atoms with Crippen molar-refractivity contribution in [2.75, 3.05) is 5.32 Å². The molecule has 0 atom stereocenters. The molecule has 6 nitrogen and oxygen atoms in total. The van der Waals surface area contributed by atoms with Crippen molar-refractivity contribution in [1.82, 2.24) is 14.8 Å². The predicted molar refractivity (Wildman–Crippen MR) is 106 cm³/mol. The zero-order chi connectivity index (χ0) is 19.0. The lowest BCUT2D eigenvalue weighted by Crippen LogP contribution is -2.30. The SMILES string of the molecule is Cc1nn(CC(=O)Nc2ccc(Cl)c3ncccc23)c(=O)c2ccccc12. The number of halogens is 1. The second-order valence-electron chi connectivity index (χ2n) is 6.14. The molecule has 1 amide bonds. The van der Waals surface area contributed by atoms with Gasteiger partial charge in [-0.05, 0) is 37.3 Å². The topological polar surface area (TPSA) is 76.9 Å². The fourth-order valence-corrected chi connectivity index (χ4v) is 3.30. The molecule has 1 N–H and O–H groups in total. The van der Waals surface area contributed by atoms with Crippen LogP contribution in [-0.4, -0.2) is 20.7 Å². The molecule has 2 heterocycles. The number of carbonyl (C=O) groups excluding carboxylic acids is 1. The fraction of sp³-hybridized carbons (Fsp3) is 0.100. The number of hydrogen-bond acceptors (Lipinski definition) is 4. The van der Waals surface area contributed by atoms with Crippen LogP contribution in [0.3, 0.4) is 0 Å². The number of nitrogens with one attached hydrogen (secondary N) is 1. The zero-order valence-electron chi connectivity index (χ0n) is 14.4. The largest absolute Gasteiger partial charge is 0.324 e. The van der Waals surface area contributed by atoms with E-state index in [0.717, 1.165) is 10.8 Å². The van der Waals surface area contributed by atoms with Gasteiger partial charge in [-0.1, -0.05) is 29.8 Å². The van der Waals surface area contributed by atoms with Crippen LogP contribution in [0.2, 0.25) is 5.02 Å². The molecule has 2 aromatic carbocycles. The predicted octanol–water partition coefficient (Wildman–Crippen LogP) is 3.55. The number of hydrogen-bond donors (Lipinski definition) is 1. The number of rotatable bonds is 3. The molecule has 0 spiro atoms. The van der Waals surface area contributed by atoms with Gasteiger partial charge in [-0.3, -0.25) is 14.6 Å². The Morgan fingerprint density at radius 2 is 1.81 bits per heavy atom. The summed E-state index contributed by atoms with van der Waals surface area (Å²) in [7, 11) is 0. The van der Waals surface area contributed by atoms with Crippen LogP contribution in [-0.2, 0) is 11.3 Å². The van der Waals surface area contributed by atoms with E-state index in [1.54, 1.807) is 36.5 Å². The third-order valence-electron chi connectivity index (χ3n) is 4.34. The van der Waals surface area contributed by atoms with E-state index in [1.165, 1.54) is 4.68 Å². The van der Waals surface area contributed by atoms with E-state index in [-0.39, 0.29) is 18.0 Å². The summed E-state index contributed by atoms with van der Waals surface area (Å²) in [6.07, 6.45) is 1.64. The van der Waals surface area contributed by atoms with Crippen molar-refractivity contribution in [2.45, 2.75) is 13.5 Å². The molecule has 7 heteroatoms. The highest BCUT2D eigenvalue weighted by atomic mass is 35.5. The molecule has 2 aromatic heterocycles. The van der Waals surface area contributed by atoms with E-state index in [9.17, 15) is 9.59 Å². The summed E-state index contributed by atoms with van der Waals surface area (Å²) >= 11 is 6.16. The number of aromatic nitrogens is 3. The highest BCUT2D eigenvalue weighted by Gasteiger charge is 2.13. The Balaban J connectivity index is 1.66. The summed E-state index contributed by atoms with van der Waals surface area (Å²) in [5.74, 6) is -0.355. The number of amides is 1. The van der Waals surface area contributed by atoms with Crippen molar-refractivity contribution >= 4 is 44.9 Å². The number of carbonyl (C=O) groups is 1. The Morgan fingerprint density at radius 1 is 1.07 bits per heavy atom. The maximum Gasteiger partial charge on any atom is 0.275 e. The van der Waals surface area contributed by atoms with Crippen molar-refractivity contribution in [3.8, 4) is 0 Å². The number of benzene rings is 2. The Labute approximate surface area is 159 Å². The summed E-state index contributed by atoms with van der Waals surface area (Å²) in [6, 6.07) is 14.2. The van der Waals surface area contributed by atoms with E-state index >= 15 is 0 Å². The van der Waals surface area contributed by atoms with Gasteiger partial charge in [0.05, 0.1) is 27.3 Å². The summed E-state index contributed by atoms with van der Waals surface area (Å²) < 4.78 is 1.18. The van der Waals surface area contributed by atoms with Gasteiger partial charge >= 0.3 is 0 Å². The van der Waals surface area contributed by atoms with E-state index in [2.05, 4.69) is 15.4 Å². The fourth-order valence-electron chi connectivity index (χ4n) is 3.08. The molecule has 0 saturated heterocycles. The van der Waals surface area contributed by atoms with Crippen LogP contribution >= 0.6 is 11.6 Å². The molecule has 4 aromatic rings. The first kappa shape index (κ1) is 17.2. The average Bonchev–Trinajstić information content (AvgIpc) is 2.68. The average molecular weight is 379 g/mol. The molecule has 0 aliphatic rings. The van der Waals surface area contributed by atoms with Crippen LogP contribution in [0.25, 0.3) is 21.7 Å². The first-order valence-corrected chi connectivity index (χ1v) is 8.72. The highest BCUT2D eigenvalue weighted by molar-refractivity contribution is 6.35. The van der Waals surface area contributed by atoms with Gasteiger partial charge in [0, 0.05) is 17.0 Å². The monoisotopic (exact) mass is 378 g/mol. The molecule has 0 radical (unpaired) electrons. The van der Waals surface area contributed by atoms with E-state index < -0.39 is 0 Å². The first-order valence-electron chi connectivity index (χ1n) is 8.34. The van der Waals surface area contributed by atoms with Crippen molar-refractivity contribution in [3.05, 3.63) is 75.8 Å². The van der Waals surface area contributed by atoms with E-state index in [1.807, 2.05) is 25.1 Å². The van der Waals surface area contributed by atoms with Crippen LogP contribution in [0, 0.1) is 6.92 Å². The summed E-state index contributed by atoms with van der Waals surface area (Å²) in [5, 5.41) is 9.65. The van der Waals surface area contributed by atoms with Gasteiger partial charge in [-0.2, -0.15) is 5.10 Å². The van der Waals surface area contributed by atoms with Crippen molar-refractivity contribution in [1.29, 1.82) is 0 Å². The summed E-state index contributed by atoms with van der Waals surface area (Å²) in [4.78, 5) is 29.4. The maximum atomic E-state index is 12.6. The molecular formula is C20H15ClN4O2. The Hall–Kier alpha value is -3.25. The number of pyridine rings is 1. The number of anilines is 1. The lowest BCUT2D eigenvalue weighted by atomic mass is 10.1. The minimum Gasteiger partial charge on any atom is -0.324 e. The van der Waals surface area contributed by atoms with Crippen LogP contribution in [0.15, 0.2) is 59.5 Å². The first-order chi connectivity index (χ1) is 13.0. The Morgan fingerprint density at radius 3 is 2.63 bits per heavy atom. The standard InChI is InChI=1S/C20H15ClN4O2/c1-12-13-5-2-3-6-14(13)20(27)25(24-12)11-18(26)23-17-9-8-16(21)19-15(17)7-4-10-22-19/h2-10H,11H2,1H3,(H,23,26). The third kappa shape index (κ3) is 3.15. The van der Waals surface area contributed by atoms with Crippen LogP contribution < -0.4 is 10.9 Å². The minimum atomic E-state index is -0.355. The zero-order valence-corrected chi connectivity index (χ0v) is 15.2. The molecular weight excluding hydrogens is 364 g/mol. The van der Waals surface area contributed by atoms with E-state index in [4.69, 9.17) is 11.6 Å². The molecule has 27 heavy (non-hydrogen) atoms.